The van der Waals surface area contributed by atoms with Crippen molar-refractivity contribution in [2.45, 2.75) is 26.7 Å². The number of carbonyl (C=O) groups excluding carboxylic acids is 2. The molecule has 0 aromatic carbocycles. The van der Waals surface area contributed by atoms with Crippen molar-refractivity contribution in [3.63, 3.8) is 0 Å². The Morgan fingerprint density at radius 1 is 1.50 bits per heavy atom. The molecule has 1 saturated heterocycles. The molecule has 1 aliphatic heterocycles. The molecule has 0 aromatic rings. The standard InChI is InChI=1S/C8H13NO3/c1-5(2)6-3-4-7(10)9(12)8(6)11/h5-6,12H,3-4H2,1-2H3. The van der Waals surface area contributed by atoms with Crippen LogP contribution in [-0.4, -0.2) is 22.1 Å². The molecule has 1 heterocycles. The summed E-state index contributed by atoms with van der Waals surface area (Å²) in [5.41, 5.74) is 0. The van der Waals surface area contributed by atoms with Crippen LogP contribution in [0.25, 0.3) is 0 Å². The Balaban J connectivity index is 2.72. The largest absolute Gasteiger partial charge is 0.279 e. The Hall–Kier alpha value is -0.900. The van der Waals surface area contributed by atoms with Gasteiger partial charge in [0.15, 0.2) is 0 Å². The minimum atomic E-state index is -0.489. The predicted molar refractivity (Wildman–Crippen MR) is 41.2 cm³/mol. The van der Waals surface area contributed by atoms with Gasteiger partial charge in [-0.05, 0) is 12.3 Å². The van der Waals surface area contributed by atoms with Gasteiger partial charge in [0.2, 0.25) is 0 Å². The van der Waals surface area contributed by atoms with E-state index in [1.165, 1.54) is 0 Å². The molecular weight excluding hydrogens is 158 g/mol. The normalized spacial score (nSPS) is 25.3. The van der Waals surface area contributed by atoms with Crippen molar-refractivity contribution in [2.75, 3.05) is 0 Å². The number of rotatable bonds is 1. The SMILES string of the molecule is CC(C)C1CCC(=O)N(O)C1=O. The molecule has 12 heavy (non-hydrogen) atoms. The molecular formula is C8H13NO3. The van der Waals surface area contributed by atoms with Gasteiger partial charge in [-0.2, -0.15) is 5.06 Å². The molecule has 0 aliphatic carbocycles. The van der Waals surface area contributed by atoms with Gasteiger partial charge in [-0.3, -0.25) is 14.8 Å². The highest BCUT2D eigenvalue weighted by Crippen LogP contribution is 2.24. The molecule has 0 saturated carbocycles. The maximum absolute atomic E-state index is 11.2. The fourth-order valence-electron chi connectivity index (χ4n) is 1.41. The zero-order valence-electron chi connectivity index (χ0n) is 7.28. The minimum Gasteiger partial charge on any atom is -0.279 e. The molecule has 0 bridgehead atoms. The summed E-state index contributed by atoms with van der Waals surface area (Å²) in [7, 11) is 0. The second-order valence-corrected chi connectivity index (χ2v) is 3.43. The van der Waals surface area contributed by atoms with Crippen molar-refractivity contribution in [2.24, 2.45) is 11.8 Å². The van der Waals surface area contributed by atoms with Crippen LogP contribution >= 0.6 is 0 Å². The third-order valence-electron chi connectivity index (χ3n) is 2.24. The van der Waals surface area contributed by atoms with E-state index in [0.29, 0.717) is 6.42 Å². The van der Waals surface area contributed by atoms with Crippen LogP contribution in [0.15, 0.2) is 0 Å². The first-order valence-electron chi connectivity index (χ1n) is 4.09. The molecule has 2 amide bonds. The fraction of sp³-hybridized carbons (Fsp3) is 0.750. The van der Waals surface area contributed by atoms with Crippen molar-refractivity contribution in [3.8, 4) is 0 Å². The van der Waals surface area contributed by atoms with Crippen LogP contribution in [-0.2, 0) is 9.59 Å². The maximum Gasteiger partial charge on any atom is 0.256 e. The smallest absolute Gasteiger partial charge is 0.256 e. The maximum atomic E-state index is 11.2. The van der Waals surface area contributed by atoms with Crippen molar-refractivity contribution in [1.29, 1.82) is 0 Å². The summed E-state index contributed by atoms with van der Waals surface area (Å²) in [6.07, 6.45) is 0.831. The predicted octanol–water partition coefficient (Wildman–Crippen LogP) is 0.797. The molecule has 0 aromatic heterocycles. The molecule has 1 N–H and O–H groups in total. The summed E-state index contributed by atoms with van der Waals surface area (Å²) < 4.78 is 0. The highest BCUT2D eigenvalue weighted by atomic mass is 16.5. The van der Waals surface area contributed by atoms with E-state index >= 15 is 0 Å². The van der Waals surface area contributed by atoms with E-state index in [-0.39, 0.29) is 23.3 Å². The number of amides is 2. The monoisotopic (exact) mass is 171 g/mol. The van der Waals surface area contributed by atoms with Crippen LogP contribution in [0.4, 0.5) is 0 Å². The summed E-state index contributed by atoms with van der Waals surface area (Å²) >= 11 is 0. The molecule has 1 unspecified atom stereocenters. The Kier molecular flexibility index (Phi) is 2.47. The molecule has 1 fully saturated rings. The van der Waals surface area contributed by atoms with Gasteiger partial charge in [-0.1, -0.05) is 13.8 Å². The van der Waals surface area contributed by atoms with Gasteiger partial charge in [-0.15, -0.1) is 0 Å². The van der Waals surface area contributed by atoms with Crippen LogP contribution in [0, 0.1) is 11.8 Å². The highest BCUT2D eigenvalue weighted by molar-refractivity contribution is 5.97. The average Bonchev–Trinajstić information content (AvgIpc) is 2.00. The molecule has 0 radical (unpaired) electrons. The van der Waals surface area contributed by atoms with Crippen LogP contribution in [0.5, 0.6) is 0 Å². The third-order valence-corrected chi connectivity index (χ3v) is 2.24. The zero-order chi connectivity index (χ0) is 9.30. The van der Waals surface area contributed by atoms with Gasteiger partial charge in [0.25, 0.3) is 11.8 Å². The molecule has 68 valence electrons. The summed E-state index contributed by atoms with van der Waals surface area (Å²) in [6.45, 7) is 3.82. The lowest BCUT2D eigenvalue weighted by molar-refractivity contribution is -0.188. The molecule has 0 spiro atoms. The van der Waals surface area contributed by atoms with E-state index in [4.69, 9.17) is 5.21 Å². The lowest BCUT2D eigenvalue weighted by atomic mass is 9.88. The van der Waals surface area contributed by atoms with Crippen LogP contribution < -0.4 is 0 Å². The van der Waals surface area contributed by atoms with Gasteiger partial charge < -0.3 is 0 Å². The summed E-state index contributed by atoms with van der Waals surface area (Å²) in [5, 5.41) is 9.26. The van der Waals surface area contributed by atoms with Gasteiger partial charge in [0, 0.05) is 12.3 Å². The van der Waals surface area contributed by atoms with Gasteiger partial charge in [-0.25, -0.2) is 0 Å². The first-order valence-corrected chi connectivity index (χ1v) is 4.09. The molecule has 4 nitrogen and oxygen atoms in total. The Labute approximate surface area is 71.1 Å². The summed E-state index contributed by atoms with van der Waals surface area (Å²) in [4.78, 5) is 22.1. The molecule has 4 heteroatoms. The summed E-state index contributed by atoms with van der Waals surface area (Å²) in [5.74, 6) is -0.967. The number of piperidine rings is 1. The zero-order valence-corrected chi connectivity index (χ0v) is 7.28. The van der Waals surface area contributed by atoms with E-state index < -0.39 is 11.8 Å². The van der Waals surface area contributed by atoms with Gasteiger partial charge >= 0.3 is 0 Å². The van der Waals surface area contributed by atoms with Crippen molar-refractivity contribution in [3.05, 3.63) is 0 Å². The third kappa shape index (κ3) is 1.48. The second-order valence-electron chi connectivity index (χ2n) is 3.43. The van der Waals surface area contributed by atoms with Crippen LogP contribution in [0.2, 0.25) is 0 Å². The minimum absolute atomic E-state index is 0.181. The number of hydrogen-bond acceptors (Lipinski definition) is 3. The lowest BCUT2D eigenvalue weighted by Gasteiger charge is -2.27. The highest BCUT2D eigenvalue weighted by Gasteiger charge is 2.34. The second kappa shape index (κ2) is 3.23. The first kappa shape index (κ1) is 9.19. The molecule has 1 rings (SSSR count). The quantitative estimate of drug-likeness (QED) is 0.469. The van der Waals surface area contributed by atoms with Crippen molar-refractivity contribution >= 4 is 11.8 Å². The number of hydrogen-bond donors (Lipinski definition) is 1. The number of hydroxylamine groups is 2. The fourth-order valence-corrected chi connectivity index (χ4v) is 1.41. The van der Waals surface area contributed by atoms with E-state index in [0.717, 1.165) is 0 Å². The Morgan fingerprint density at radius 3 is 2.58 bits per heavy atom. The van der Waals surface area contributed by atoms with Crippen LogP contribution in [0.3, 0.4) is 0 Å². The Morgan fingerprint density at radius 2 is 2.08 bits per heavy atom. The first-order chi connectivity index (χ1) is 5.54. The van der Waals surface area contributed by atoms with Crippen molar-refractivity contribution < 1.29 is 14.8 Å². The van der Waals surface area contributed by atoms with E-state index in [9.17, 15) is 9.59 Å². The molecule has 1 atom stereocenters. The van der Waals surface area contributed by atoms with Crippen molar-refractivity contribution in [1.82, 2.24) is 5.06 Å². The topological polar surface area (TPSA) is 57.6 Å². The van der Waals surface area contributed by atoms with Gasteiger partial charge in [0.1, 0.15) is 0 Å². The van der Waals surface area contributed by atoms with E-state index in [1.54, 1.807) is 0 Å². The van der Waals surface area contributed by atoms with Crippen LogP contribution in [0.1, 0.15) is 26.7 Å². The number of imide groups is 1. The summed E-state index contributed by atoms with van der Waals surface area (Å²) in [6, 6.07) is 0. The van der Waals surface area contributed by atoms with E-state index in [2.05, 4.69) is 0 Å². The average molecular weight is 171 g/mol. The Bertz CT molecular complexity index is 212. The van der Waals surface area contributed by atoms with E-state index in [1.807, 2.05) is 13.8 Å². The molecule has 1 aliphatic rings. The van der Waals surface area contributed by atoms with Gasteiger partial charge in [0.05, 0.1) is 0 Å². The number of carbonyl (C=O) groups is 2. The lowest BCUT2D eigenvalue weighted by Crippen LogP contribution is -2.44. The number of nitrogens with zero attached hydrogens (tertiary/aromatic N) is 1.